The van der Waals surface area contributed by atoms with E-state index in [1.165, 1.54) is 52.1 Å². The first-order valence-electron chi connectivity index (χ1n) is 8.56. The molecule has 4 nitrogen and oxygen atoms in total. The van der Waals surface area contributed by atoms with E-state index in [1.54, 1.807) is 0 Å². The van der Waals surface area contributed by atoms with Crippen molar-refractivity contribution >= 4 is 0 Å². The van der Waals surface area contributed by atoms with E-state index in [0.717, 1.165) is 12.5 Å². The minimum atomic E-state index is 0.336. The second kappa shape index (κ2) is 7.40. The van der Waals surface area contributed by atoms with Gasteiger partial charge in [0, 0.05) is 44.9 Å². The van der Waals surface area contributed by atoms with Crippen LogP contribution in [0.5, 0.6) is 0 Å². The van der Waals surface area contributed by atoms with Gasteiger partial charge in [-0.2, -0.15) is 0 Å². The topological polar surface area (TPSA) is 19.0 Å². The number of hydrogen-bond donors (Lipinski definition) is 0. The van der Waals surface area contributed by atoms with Crippen LogP contribution in [0.2, 0.25) is 0 Å². The van der Waals surface area contributed by atoms with Crippen molar-refractivity contribution in [3.63, 3.8) is 0 Å². The van der Waals surface area contributed by atoms with Crippen LogP contribution in [0, 0.1) is 5.92 Å². The standard InChI is InChI=1S/C17H35N3O/c1-17(2,3)20-8-6-15(7-9-20)12-19-11-10-18(4)16(13-19)14-21-5/h15-16H,6-14H2,1-5H3. The minimum Gasteiger partial charge on any atom is -0.383 e. The summed E-state index contributed by atoms with van der Waals surface area (Å²) in [5.41, 5.74) is 0.336. The number of methoxy groups -OCH3 is 1. The molecular formula is C17H35N3O. The van der Waals surface area contributed by atoms with Gasteiger partial charge in [0.2, 0.25) is 0 Å². The lowest BCUT2D eigenvalue weighted by Gasteiger charge is -2.44. The van der Waals surface area contributed by atoms with Crippen LogP contribution in [-0.2, 0) is 4.74 Å². The van der Waals surface area contributed by atoms with Gasteiger partial charge >= 0.3 is 0 Å². The fourth-order valence-corrected chi connectivity index (χ4v) is 3.70. The van der Waals surface area contributed by atoms with Gasteiger partial charge in [0.1, 0.15) is 0 Å². The number of piperazine rings is 1. The average Bonchev–Trinajstić information content (AvgIpc) is 2.42. The molecule has 0 N–H and O–H groups in total. The normalized spacial score (nSPS) is 28.1. The predicted octanol–water partition coefficient (Wildman–Crippen LogP) is 1.76. The Balaban J connectivity index is 1.76. The van der Waals surface area contributed by atoms with Crippen molar-refractivity contribution < 1.29 is 4.74 Å². The fourth-order valence-electron chi connectivity index (χ4n) is 3.70. The zero-order chi connectivity index (χ0) is 15.5. The molecule has 0 aromatic carbocycles. The fraction of sp³-hybridized carbons (Fsp3) is 1.00. The molecule has 0 amide bonds. The summed E-state index contributed by atoms with van der Waals surface area (Å²) in [7, 11) is 4.04. The van der Waals surface area contributed by atoms with Crippen LogP contribution in [0.25, 0.3) is 0 Å². The highest BCUT2D eigenvalue weighted by molar-refractivity contribution is 4.85. The Morgan fingerprint density at radius 2 is 1.71 bits per heavy atom. The van der Waals surface area contributed by atoms with Crippen LogP contribution >= 0.6 is 0 Å². The highest BCUT2D eigenvalue weighted by atomic mass is 16.5. The van der Waals surface area contributed by atoms with Crippen LogP contribution in [0.4, 0.5) is 0 Å². The van der Waals surface area contributed by atoms with Crippen LogP contribution in [-0.4, -0.2) is 86.3 Å². The van der Waals surface area contributed by atoms with Crippen molar-refractivity contribution in [1.82, 2.24) is 14.7 Å². The van der Waals surface area contributed by atoms with Crippen LogP contribution < -0.4 is 0 Å². The third-order valence-corrected chi connectivity index (χ3v) is 5.30. The summed E-state index contributed by atoms with van der Waals surface area (Å²) in [6.45, 7) is 15.2. The Morgan fingerprint density at radius 3 is 2.29 bits per heavy atom. The number of hydrogen-bond acceptors (Lipinski definition) is 4. The number of likely N-dealkylation sites (N-methyl/N-ethyl adjacent to an activating group) is 1. The van der Waals surface area contributed by atoms with Crippen molar-refractivity contribution in [2.75, 3.05) is 60.0 Å². The maximum absolute atomic E-state index is 5.37. The van der Waals surface area contributed by atoms with E-state index in [9.17, 15) is 0 Å². The van der Waals surface area contributed by atoms with Gasteiger partial charge in [0.15, 0.2) is 0 Å². The molecule has 4 heteroatoms. The molecule has 2 rings (SSSR count). The molecule has 2 heterocycles. The number of likely N-dealkylation sites (tertiary alicyclic amines) is 1. The van der Waals surface area contributed by atoms with Gasteiger partial charge in [-0.3, -0.25) is 9.80 Å². The SMILES string of the molecule is COCC1CN(CC2CCN(C(C)(C)C)CC2)CCN1C. The van der Waals surface area contributed by atoms with Crippen molar-refractivity contribution in [2.24, 2.45) is 5.92 Å². The van der Waals surface area contributed by atoms with Crippen LogP contribution in [0.1, 0.15) is 33.6 Å². The second-order valence-corrected chi connectivity index (χ2v) is 7.95. The Hall–Kier alpha value is -0.160. The van der Waals surface area contributed by atoms with Gasteiger partial charge in [-0.25, -0.2) is 0 Å². The van der Waals surface area contributed by atoms with Crippen LogP contribution in [0.3, 0.4) is 0 Å². The van der Waals surface area contributed by atoms with Gasteiger partial charge in [-0.1, -0.05) is 0 Å². The van der Waals surface area contributed by atoms with Crippen molar-refractivity contribution in [2.45, 2.75) is 45.2 Å². The van der Waals surface area contributed by atoms with Gasteiger partial charge in [0.05, 0.1) is 6.61 Å². The van der Waals surface area contributed by atoms with E-state index in [0.29, 0.717) is 11.6 Å². The molecule has 1 atom stereocenters. The molecule has 2 aliphatic rings. The number of ether oxygens (including phenoxy) is 1. The van der Waals surface area contributed by atoms with Gasteiger partial charge in [0.25, 0.3) is 0 Å². The summed E-state index contributed by atoms with van der Waals surface area (Å²) in [5.74, 6) is 0.884. The lowest BCUT2D eigenvalue weighted by Crippen LogP contribution is -2.55. The summed E-state index contributed by atoms with van der Waals surface area (Å²) < 4.78 is 5.37. The molecule has 124 valence electrons. The highest BCUT2D eigenvalue weighted by Gasteiger charge is 2.30. The molecule has 0 bridgehead atoms. The van der Waals surface area contributed by atoms with Crippen molar-refractivity contribution in [3.05, 3.63) is 0 Å². The molecule has 2 fully saturated rings. The number of nitrogens with zero attached hydrogens (tertiary/aromatic N) is 3. The van der Waals surface area contributed by atoms with Crippen LogP contribution in [0.15, 0.2) is 0 Å². The Bertz CT molecular complexity index is 308. The first kappa shape index (κ1) is 17.2. The van der Waals surface area contributed by atoms with Gasteiger partial charge in [-0.05, 0) is 59.7 Å². The molecular weight excluding hydrogens is 262 g/mol. The third-order valence-electron chi connectivity index (χ3n) is 5.30. The first-order valence-corrected chi connectivity index (χ1v) is 8.56. The molecule has 0 aromatic heterocycles. The second-order valence-electron chi connectivity index (χ2n) is 7.95. The molecule has 0 radical (unpaired) electrons. The summed E-state index contributed by atoms with van der Waals surface area (Å²) >= 11 is 0. The zero-order valence-corrected chi connectivity index (χ0v) is 14.8. The Morgan fingerprint density at radius 1 is 1.05 bits per heavy atom. The maximum atomic E-state index is 5.37. The van der Waals surface area contributed by atoms with E-state index < -0.39 is 0 Å². The van der Waals surface area contributed by atoms with E-state index in [2.05, 4.69) is 42.5 Å². The van der Waals surface area contributed by atoms with Gasteiger partial charge in [-0.15, -0.1) is 0 Å². The number of piperidine rings is 1. The van der Waals surface area contributed by atoms with E-state index in [-0.39, 0.29) is 0 Å². The lowest BCUT2D eigenvalue weighted by molar-refractivity contribution is 0.0228. The molecule has 0 aliphatic carbocycles. The predicted molar refractivity (Wildman–Crippen MR) is 88.8 cm³/mol. The minimum absolute atomic E-state index is 0.336. The van der Waals surface area contributed by atoms with E-state index in [4.69, 9.17) is 4.74 Å². The monoisotopic (exact) mass is 297 g/mol. The zero-order valence-electron chi connectivity index (χ0n) is 14.8. The molecule has 21 heavy (non-hydrogen) atoms. The summed E-state index contributed by atoms with van der Waals surface area (Å²) in [6, 6.07) is 0.568. The molecule has 0 spiro atoms. The molecule has 0 saturated carbocycles. The highest BCUT2D eigenvalue weighted by Crippen LogP contribution is 2.25. The lowest BCUT2D eigenvalue weighted by atomic mass is 9.92. The summed E-state index contributed by atoms with van der Waals surface area (Å²) in [4.78, 5) is 7.75. The average molecular weight is 297 g/mol. The smallest absolute Gasteiger partial charge is 0.0630 e. The van der Waals surface area contributed by atoms with Crippen molar-refractivity contribution in [1.29, 1.82) is 0 Å². The summed E-state index contributed by atoms with van der Waals surface area (Å²) in [6.07, 6.45) is 2.72. The summed E-state index contributed by atoms with van der Waals surface area (Å²) in [5, 5.41) is 0. The first-order chi connectivity index (χ1) is 9.90. The third kappa shape index (κ3) is 4.92. The van der Waals surface area contributed by atoms with Crippen molar-refractivity contribution in [3.8, 4) is 0 Å². The molecule has 0 aromatic rings. The van der Waals surface area contributed by atoms with E-state index in [1.807, 2.05) is 7.11 Å². The Kier molecular flexibility index (Phi) is 6.06. The molecule has 2 saturated heterocycles. The quantitative estimate of drug-likeness (QED) is 0.787. The largest absolute Gasteiger partial charge is 0.383 e. The number of rotatable bonds is 4. The Labute approximate surface area is 131 Å². The van der Waals surface area contributed by atoms with E-state index >= 15 is 0 Å². The molecule has 1 unspecified atom stereocenters. The van der Waals surface area contributed by atoms with Gasteiger partial charge < -0.3 is 9.64 Å². The maximum Gasteiger partial charge on any atom is 0.0630 e. The molecule has 2 aliphatic heterocycles.